The van der Waals surface area contributed by atoms with E-state index >= 15 is 0 Å². The molecule has 2 rings (SSSR count). The van der Waals surface area contributed by atoms with Gasteiger partial charge in [-0.1, -0.05) is 72.4 Å². The van der Waals surface area contributed by atoms with Gasteiger partial charge in [-0.15, -0.1) is 0 Å². The summed E-state index contributed by atoms with van der Waals surface area (Å²) in [6, 6.07) is 19.2. The van der Waals surface area contributed by atoms with Gasteiger partial charge in [0.1, 0.15) is 0 Å². The van der Waals surface area contributed by atoms with Gasteiger partial charge in [0.2, 0.25) is 11.8 Å². The van der Waals surface area contributed by atoms with E-state index in [-0.39, 0.29) is 29.4 Å². The van der Waals surface area contributed by atoms with E-state index in [4.69, 9.17) is 0 Å². The van der Waals surface area contributed by atoms with Crippen LogP contribution >= 0.6 is 11.8 Å². The number of rotatable bonds is 9. The minimum atomic E-state index is -0.372. The van der Waals surface area contributed by atoms with Crippen LogP contribution in [0, 0.1) is 5.92 Å². The fourth-order valence-electron chi connectivity index (χ4n) is 2.51. The van der Waals surface area contributed by atoms with Crippen LogP contribution in [0.4, 0.5) is 0 Å². The van der Waals surface area contributed by atoms with Crippen molar-refractivity contribution in [3.63, 3.8) is 0 Å². The Morgan fingerprint density at radius 2 is 1.48 bits per heavy atom. The Kier molecular flexibility index (Phi) is 8.58. The van der Waals surface area contributed by atoms with E-state index in [1.165, 1.54) is 6.92 Å². The Balaban J connectivity index is 1.84. The highest BCUT2D eigenvalue weighted by molar-refractivity contribution is 8.13. The number of carbonyl (C=O) groups is 3. The number of hydrogen-bond donors (Lipinski definition) is 2. The molecular formula is C21H24N2O3S. The molecule has 27 heavy (non-hydrogen) atoms. The molecule has 0 spiro atoms. The second-order valence-electron chi connectivity index (χ2n) is 6.17. The van der Waals surface area contributed by atoms with Crippen molar-refractivity contribution in [2.45, 2.75) is 19.9 Å². The molecule has 1 unspecified atom stereocenters. The summed E-state index contributed by atoms with van der Waals surface area (Å²) in [4.78, 5) is 35.8. The van der Waals surface area contributed by atoms with Gasteiger partial charge in [-0.05, 0) is 17.5 Å². The van der Waals surface area contributed by atoms with Crippen molar-refractivity contribution < 1.29 is 14.4 Å². The lowest BCUT2D eigenvalue weighted by molar-refractivity contribution is -0.128. The molecule has 0 saturated heterocycles. The second kappa shape index (κ2) is 11.2. The Morgan fingerprint density at radius 3 is 2.07 bits per heavy atom. The van der Waals surface area contributed by atoms with Gasteiger partial charge in [-0.25, -0.2) is 0 Å². The summed E-state index contributed by atoms with van der Waals surface area (Å²) in [7, 11) is 0. The smallest absolute Gasteiger partial charge is 0.239 e. The van der Waals surface area contributed by atoms with Crippen molar-refractivity contribution in [3.8, 4) is 0 Å². The SMILES string of the molecule is CC(=O)SCC(Cc1ccccc1)C(=O)NCC(=O)NCc1ccccc1. The van der Waals surface area contributed by atoms with E-state index in [0.717, 1.165) is 22.9 Å². The summed E-state index contributed by atoms with van der Waals surface area (Å²) in [5, 5.41) is 5.44. The van der Waals surface area contributed by atoms with Gasteiger partial charge in [0.15, 0.2) is 5.12 Å². The van der Waals surface area contributed by atoms with Crippen molar-refractivity contribution >= 4 is 28.7 Å². The third-order valence-corrected chi connectivity index (χ3v) is 4.91. The first-order valence-electron chi connectivity index (χ1n) is 8.80. The predicted octanol–water partition coefficient (Wildman–Crippen LogP) is 2.56. The van der Waals surface area contributed by atoms with Crippen LogP contribution in [0.1, 0.15) is 18.1 Å². The van der Waals surface area contributed by atoms with Crippen molar-refractivity contribution in [2.75, 3.05) is 12.3 Å². The van der Waals surface area contributed by atoms with E-state index < -0.39 is 0 Å². The van der Waals surface area contributed by atoms with Crippen molar-refractivity contribution in [1.82, 2.24) is 10.6 Å². The van der Waals surface area contributed by atoms with Crippen LogP contribution in [0.3, 0.4) is 0 Å². The maximum absolute atomic E-state index is 12.5. The summed E-state index contributed by atoms with van der Waals surface area (Å²) >= 11 is 1.13. The van der Waals surface area contributed by atoms with Gasteiger partial charge in [-0.3, -0.25) is 14.4 Å². The lowest BCUT2D eigenvalue weighted by Crippen LogP contribution is -2.40. The molecule has 0 saturated carbocycles. The first-order valence-corrected chi connectivity index (χ1v) is 9.79. The predicted molar refractivity (Wildman–Crippen MR) is 108 cm³/mol. The van der Waals surface area contributed by atoms with Crippen molar-refractivity contribution in [1.29, 1.82) is 0 Å². The van der Waals surface area contributed by atoms with Gasteiger partial charge in [0.25, 0.3) is 0 Å². The van der Waals surface area contributed by atoms with Crippen molar-refractivity contribution in [2.24, 2.45) is 5.92 Å². The molecule has 0 aliphatic rings. The monoisotopic (exact) mass is 384 g/mol. The van der Waals surface area contributed by atoms with Crippen molar-refractivity contribution in [3.05, 3.63) is 71.8 Å². The zero-order valence-corrected chi connectivity index (χ0v) is 16.1. The van der Waals surface area contributed by atoms with Gasteiger partial charge in [-0.2, -0.15) is 0 Å². The van der Waals surface area contributed by atoms with Gasteiger partial charge >= 0.3 is 0 Å². The third kappa shape index (κ3) is 8.09. The van der Waals surface area contributed by atoms with E-state index in [1.807, 2.05) is 60.7 Å². The summed E-state index contributed by atoms with van der Waals surface area (Å²) in [5.74, 6) is -0.447. The molecule has 2 aromatic carbocycles. The lowest BCUT2D eigenvalue weighted by atomic mass is 10.0. The molecule has 0 radical (unpaired) electrons. The molecule has 0 fully saturated rings. The van der Waals surface area contributed by atoms with Gasteiger partial charge < -0.3 is 10.6 Å². The molecule has 0 bridgehead atoms. The summed E-state index contributed by atoms with van der Waals surface area (Å²) in [6.07, 6.45) is 0.526. The highest BCUT2D eigenvalue weighted by Gasteiger charge is 2.20. The molecule has 0 aromatic heterocycles. The highest BCUT2D eigenvalue weighted by atomic mass is 32.2. The number of benzene rings is 2. The summed E-state index contributed by atoms with van der Waals surface area (Å²) in [6.45, 7) is 1.82. The third-order valence-electron chi connectivity index (χ3n) is 3.94. The largest absolute Gasteiger partial charge is 0.350 e. The Hall–Kier alpha value is -2.60. The summed E-state index contributed by atoms with van der Waals surface area (Å²) in [5.41, 5.74) is 2.02. The van der Waals surface area contributed by atoms with Crippen LogP contribution < -0.4 is 10.6 Å². The maximum Gasteiger partial charge on any atom is 0.239 e. The standard InChI is InChI=1S/C21H24N2O3S/c1-16(24)27-15-19(12-17-8-4-2-5-9-17)21(26)23-14-20(25)22-13-18-10-6-3-7-11-18/h2-11,19H,12-15H2,1H3,(H,22,25)(H,23,26). The Labute approximate surface area is 163 Å². The average Bonchev–Trinajstić information content (AvgIpc) is 2.69. The van der Waals surface area contributed by atoms with E-state index in [9.17, 15) is 14.4 Å². The topological polar surface area (TPSA) is 75.3 Å². The number of carbonyl (C=O) groups excluding carboxylic acids is 3. The van der Waals surface area contributed by atoms with Crippen LogP contribution in [0.5, 0.6) is 0 Å². The minimum Gasteiger partial charge on any atom is -0.350 e. The Morgan fingerprint density at radius 1 is 0.889 bits per heavy atom. The molecule has 142 valence electrons. The second-order valence-corrected chi connectivity index (χ2v) is 7.37. The van der Waals surface area contributed by atoms with Crippen LogP contribution in [0.25, 0.3) is 0 Å². The van der Waals surface area contributed by atoms with E-state index in [1.54, 1.807) is 0 Å². The highest BCUT2D eigenvalue weighted by Crippen LogP contribution is 2.15. The van der Waals surface area contributed by atoms with Gasteiger partial charge in [0.05, 0.1) is 12.5 Å². The number of amides is 2. The fourth-order valence-corrected chi connectivity index (χ4v) is 3.22. The number of nitrogens with one attached hydrogen (secondary N) is 2. The van der Waals surface area contributed by atoms with Crippen LogP contribution in [-0.2, 0) is 27.3 Å². The van der Waals surface area contributed by atoms with Crippen LogP contribution in [0.15, 0.2) is 60.7 Å². The van der Waals surface area contributed by atoms with Gasteiger partial charge in [0, 0.05) is 19.2 Å². The average molecular weight is 385 g/mol. The number of hydrogen-bond acceptors (Lipinski definition) is 4. The molecular weight excluding hydrogens is 360 g/mol. The zero-order valence-electron chi connectivity index (χ0n) is 15.3. The molecule has 1 atom stereocenters. The number of thioether (sulfide) groups is 1. The fraction of sp³-hybridized carbons (Fsp3) is 0.286. The Bertz CT molecular complexity index is 751. The maximum atomic E-state index is 12.5. The molecule has 2 amide bonds. The van der Waals surface area contributed by atoms with Crippen LogP contribution in [-0.4, -0.2) is 29.2 Å². The summed E-state index contributed by atoms with van der Waals surface area (Å²) < 4.78 is 0. The van der Waals surface area contributed by atoms with E-state index in [2.05, 4.69) is 10.6 Å². The first kappa shape index (κ1) is 20.7. The first-order chi connectivity index (χ1) is 13.0. The molecule has 0 heterocycles. The molecule has 0 aliphatic heterocycles. The molecule has 2 N–H and O–H groups in total. The molecule has 0 aliphatic carbocycles. The molecule has 6 heteroatoms. The molecule has 2 aromatic rings. The molecule has 5 nitrogen and oxygen atoms in total. The lowest BCUT2D eigenvalue weighted by Gasteiger charge is -2.16. The zero-order chi connectivity index (χ0) is 19.5. The normalized spacial score (nSPS) is 11.4. The van der Waals surface area contributed by atoms with Crippen LogP contribution in [0.2, 0.25) is 0 Å². The minimum absolute atomic E-state index is 0.0264. The van der Waals surface area contributed by atoms with E-state index in [0.29, 0.717) is 18.7 Å². The quantitative estimate of drug-likeness (QED) is 0.697.